The molecule has 2 rings (SSSR count). The van der Waals surface area contributed by atoms with E-state index in [-0.39, 0.29) is 11.8 Å². The van der Waals surface area contributed by atoms with Crippen LogP contribution in [0.15, 0.2) is 16.6 Å². The first-order valence-electron chi connectivity index (χ1n) is 7.45. The summed E-state index contributed by atoms with van der Waals surface area (Å²) >= 11 is 3.35. The van der Waals surface area contributed by atoms with Crippen molar-refractivity contribution in [3.05, 3.63) is 27.7 Å². The lowest BCUT2D eigenvalue weighted by Gasteiger charge is -2.21. The van der Waals surface area contributed by atoms with Gasteiger partial charge in [0, 0.05) is 16.6 Å². The fraction of sp³-hybridized carbons (Fsp3) is 0.500. The van der Waals surface area contributed by atoms with Crippen LogP contribution in [0.25, 0.3) is 0 Å². The molecule has 1 unspecified atom stereocenters. The van der Waals surface area contributed by atoms with Crippen molar-refractivity contribution < 1.29 is 9.59 Å². The van der Waals surface area contributed by atoms with E-state index in [1.54, 1.807) is 12.1 Å². The number of amides is 2. The highest BCUT2D eigenvalue weighted by Gasteiger charge is 2.38. The van der Waals surface area contributed by atoms with Crippen molar-refractivity contribution >= 4 is 41.1 Å². The number of fused-ring (bicyclic) bond motifs is 1. The highest BCUT2D eigenvalue weighted by molar-refractivity contribution is 9.10. The van der Waals surface area contributed by atoms with Gasteiger partial charge in [0.25, 0.3) is 11.8 Å². The summed E-state index contributed by atoms with van der Waals surface area (Å²) in [5.74, 6) is -0.139. The third-order valence-corrected chi connectivity index (χ3v) is 4.75. The minimum absolute atomic E-state index is 0.232. The Bertz CT molecular complexity index is 533. The molecule has 2 amide bonds. The number of hydrogen-bond donors (Lipinski definition) is 0. The Morgan fingerprint density at radius 3 is 2.43 bits per heavy atom. The summed E-state index contributed by atoms with van der Waals surface area (Å²) < 4.78 is 0.633. The van der Waals surface area contributed by atoms with Crippen LogP contribution in [0.2, 0.25) is 0 Å². The van der Waals surface area contributed by atoms with Gasteiger partial charge >= 0.3 is 0 Å². The van der Waals surface area contributed by atoms with Gasteiger partial charge in [-0.2, -0.15) is 0 Å². The van der Waals surface area contributed by atoms with E-state index in [0.717, 1.165) is 25.7 Å². The van der Waals surface area contributed by atoms with Gasteiger partial charge in [0.15, 0.2) is 0 Å². The monoisotopic (exact) mass is 347 g/mol. The molecule has 0 aromatic heterocycles. The molecule has 0 bridgehead atoms. The standard InChI is InChI=1S/C16H19BBrNO2/c1-3-5-6-10(4-2)9-19-15(20)13-11(17)7-8-12(18)14(13)16(19)21/h7-8,10H,3-6,9H2,1-2H3. The molecule has 0 N–H and O–H groups in total. The molecule has 1 heterocycles. The van der Waals surface area contributed by atoms with Gasteiger partial charge in [-0.15, -0.1) is 0 Å². The van der Waals surface area contributed by atoms with Gasteiger partial charge in [0.2, 0.25) is 0 Å². The van der Waals surface area contributed by atoms with Crippen LogP contribution in [0.1, 0.15) is 60.2 Å². The van der Waals surface area contributed by atoms with Crippen LogP contribution in [0.5, 0.6) is 0 Å². The highest BCUT2D eigenvalue weighted by atomic mass is 79.9. The molecular formula is C16H19BBrNO2. The number of imide groups is 1. The quantitative estimate of drug-likeness (QED) is 0.585. The van der Waals surface area contributed by atoms with Crippen molar-refractivity contribution in [3.63, 3.8) is 0 Å². The predicted octanol–water partition coefficient (Wildman–Crippen LogP) is 3.06. The maximum atomic E-state index is 12.5. The number of carbonyl (C=O) groups is 2. The van der Waals surface area contributed by atoms with Crippen LogP contribution in [0, 0.1) is 5.92 Å². The third kappa shape index (κ3) is 3.08. The average molecular weight is 348 g/mol. The average Bonchev–Trinajstić information content (AvgIpc) is 2.72. The minimum Gasteiger partial charge on any atom is -0.274 e. The first-order valence-corrected chi connectivity index (χ1v) is 8.24. The Labute approximate surface area is 135 Å². The predicted molar refractivity (Wildman–Crippen MR) is 88.2 cm³/mol. The van der Waals surface area contributed by atoms with E-state index < -0.39 is 0 Å². The minimum atomic E-state index is -0.260. The second kappa shape index (κ2) is 6.78. The van der Waals surface area contributed by atoms with Crippen molar-refractivity contribution in [2.24, 2.45) is 5.92 Å². The first kappa shape index (κ1) is 16.3. The van der Waals surface area contributed by atoms with Gasteiger partial charge in [0.1, 0.15) is 7.85 Å². The van der Waals surface area contributed by atoms with E-state index in [4.69, 9.17) is 7.85 Å². The molecule has 2 radical (unpaired) electrons. The summed E-state index contributed by atoms with van der Waals surface area (Å²) in [6.07, 6.45) is 4.24. The molecule has 1 aromatic rings. The van der Waals surface area contributed by atoms with E-state index in [2.05, 4.69) is 29.8 Å². The van der Waals surface area contributed by atoms with Gasteiger partial charge in [-0.25, -0.2) is 0 Å². The van der Waals surface area contributed by atoms with Gasteiger partial charge in [-0.05, 0) is 34.3 Å². The fourth-order valence-electron chi connectivity index (χ4n) is 2.74. The molecular weight excluding hydrogens is 329 g/mol. The zero-order valence-electron chi connectivity index (χ0n) is 12.5. The number of carbonyl (C=O) groups excluding carboxylic acids is 2. The lowest BCUT2D eigenvalue weighted by molar-refractivity contribution is 0.0624. The number of nitrogens with zero attached hydrogens (tertiary/aromatic N) is 1. The van der Waals surface area contributed by atoms with Crippen LogP contribution in [-0.2, 0) is 0 Å². The summed E-state index contributed by atoms with van der Waals surface area (Å²) in [7, 11) is 5.88. The Hall–Kier alpha value is -1.10. The van der Waals surface area contributed by atoms with Crippen LogP contribution < -0.4 is 5.46 Å². The van der Waals surface area contributed by atoms with Crippen molar-refractivity contribution in [1.82, 2.24) is 4.90 Å². The van der Waals surface area contributed by atoms with Crippen molar-refractivity contribution in [2.75, 3.05) is 6.54 Å². The maximum absolute atomic E-state index is 12.5. The Balaban J connectivity index is 2.25. The van der Waals surface area contributed by atoms with Gasteiger partial charge in [-0.3, -0.25) is 14.5 Å². The molecule has 21 heavy (non-hydrogen) atoms. The molecule has 0 fully saturated rings. The van der Waals surface area contributed by atoms with Crippen molar-refractivity contribution in [2.45, 2.75) is 39.5 Å². The largest absolute Gasteiger partial charge is 0.274 e. The first-order chi connectivity index (χ1) is 10.0. The van der Waals surface area contributed by atoms with E-state index in [9.17, 15) is 9.59 Å². The van der Waals surface area contributed by atoms with Gasteiger partial charge in [-0.1, -0.05) is 44.6 Å². The van der Waals surface area contributed by atoms with Gasteiger partial charge in [0.05, 0.1) is 5.56 Å². The SMILES string of the molecule is [B]c1ccc(Br)c2c1C(=O)N(CC(CC)CCCC)C2=O. The zero-order chi connectivity index (χ0) is 15.6. The molecule has 1 atom stereocenters. The number of benzene rings is 1. The summed E-state index contributed by atoms with van der Waals surface area (Å²) in [6, 6.07) is 3.38. The molecule has 1 aliphatic rings. The van der Waals surface area contributed by atoms with E-state index in [1.165, 1.54) is 4.90 Å². The third-order valence-electron chi connectivity index (χ3n) is 4.09. The molecule has 3 nitrogen and oxygen atoms in total. The lowest BCUT2D eigenvalue weighted by atomic mass is 9.88. The van der Waals surface area contributed by atoms with Crippen LogP contribution in [0.4, 0.5) is 0 Å². The smallest absolute Gasteiger partial charge is 0.262 e. The normalized spacial score (nSPS) is 15.5. The van der Waals surface area contributed by atoms with Crippen LogP contribution in [0.3, 0.4) is 0 Å². The number of hydrogen-bond acceptors (Lipinski definition) is 2. The van der Waals surface area contributed by atoms with Crippen LogP contribution in [-0.4, -0.2) is 31.1 Å². The summed E-state index contributed by atoms with van der Waals surface area (Å²) in [6.45, 7) is 4.73. The van der Waals surface area contributed by atoms with Crippen molar-refractivity contribution in [3.8, 4) is 0 Å². The maximum Gasteiger partial charge on any atom is 0.262 e. The number of rotatable bonds is 6. The fourth-order valence-corrected chi connectivity index (χ4v) is 3.24. The number of unbranched alkanes of at least 4 members (excludes halogenated alkanes) is 1. The molecule has 5 heteroatoms. The van der Waals surface area contributed by atoms with Crippen LogP contribution >= 0.6 is 15.9 Å². The number of halogens is 1. The molecule has 1 aliphatic heterocycles. The lowest BCUT2D eigenvalue weighted by Crippen LogP contribution is -2.35. The summed E-state index contributed by atoms with van der Waals surface area (Å²) in [5, 5.41) is 0. The van der Waals surface area contributed by atoms with E-state index in [1.807, 2.05) is 0 Å². The summed E-state index contributed by atoms with van der Waals surface area (Å²) in [5.41, 5.74) is 1.13. The Kier molecular flexibility index (Phi) is 5.25. The molecule has 0 saturated heterocycles. The molecule has 0 spiro atoms. The van der Waals surface area contributed by atoms with E-state index in [0.29, 0.717) is 33.5 Å². The van der Waals surface area contributed by atoms with Crippen molar-refractivity contribution in [1.29, 1.82) is 0 Å². The second-order valence-corrected chi connectivity index (χ2v) is 6.38. The zero-order valence-corrected chi connectivity index (χ0v) is 14.1. The Morgan fingerprint density at radius 2 is 1.86 bits per heavy atom. The van der Waals surface area contributed by atoms with E-state index >= 15 is 0 Å². The molecule has 0 aliphatic carbocycles. The van der Waals surface area contributed by atoms with Gasteiger partial charge < -0.3 is 0 Å². The molecule has 0 saturated carbocycles. The highest BCUT2D eigenvalue weighted by Crippen LogP contribution is 2.29. The Morgan fingerprint density at radius 1 is 1.19 bits per heavy atom. The summed E-state index contributed by atoms with van der Waals surface area (Å²) in [4.78, 5) is 26.4. The molecule has 110 valence electrons. The molecule has 1 aromatic carbocycles. The second-order valence-electron chi connectivity index (χ2n) is 5.52. The topological polar surface area (TPSA) is 37.4 Å².